The first-order chi connectivity index (χ1) is 7.27. The third-order valence-electron chi connectivity index (χ3n) is 2.87. The van der Waals surface area contributed by atoms with Crippen LogP contribution in [-0.4, -0.2) is 34.5 Å². The minimum atomic E-state index is 0.248. The molecule has 5 heteroatoms. The van der Waals surface area contributed by atoms with Gasteiger partial charge in [0.05, 0.1) is 12.6 Å². The molecule has 1 aliphatic rings. The smallest absolute Gasteiger partial charge is 0.149 e. The SMILES string of the molecule is CC(NCC1CCOC1)c1nncn1C. The van der Waals surface area contributed by atoms with E-state index in [1.54, 1.807) is 6.33 Å². The Kier molecular flexibility index (Phi) is 3.33. The summed E-state index contributed by atoms with van der Waals surface area (Å²) in [7, 11) is 1.96. The van der Waals surface area contributed by atoms with Crippen LogP contribution in [0.25, 0.3) is 0 Å². The van der Waals surface area contributed by atoms with Crippen LogP contribution >= 0.6 is 0 Å². The van der Waals surface area contributed by atoms with E-state index in [0.29, 0.717) is 5.92 Å². The molecule has 0 aliphatic carbocycles. The summed E-state index contributed by atoms with van der Waals surface area (Å²) in [5.74, 6) is 1.63. The molecule has 2 heterocycles. The van der Waals surface area contributed by atoms with Crippen molar-refractivity contribution in [1.29, 1.82) is 0 Å². The lowest BCUT2D eigenvalue weighted by molar-refractivity contribution is 0.184. The van der Waals surface area contributed by atoms with Gasteiger partial charge in [-0.05, 0) is 19.3 Å². The van der Waals surface area contributed by atoms with Crippen LogP contribution in [0, 0.1) is 5.92 Å². The number of aromatic nitrogens is 3. The van der Waals surface area contributed by atoms with E-state index in [0.717, 1.165) is 25.6 Å². The lowest BCUT2D eigenvalue weighted by Crippen LogP contribution is -2.27. The summed E-state index contributed by atoms with van der Waals surface area (Å²) in [4.78, 5) is 0. The van der Waals surface area contributed by atoms with Crippen molar-refractivity contribution in [3.05, 3.63) is 12.2 Å². The van der Waals surface area contributed by atoms with Gasteiger partial charge in [-0.15, -0.1) is 10.2 Å². The molecule has 0 aromatic carbocycles. The van der Waals surface area contributed by atoms with Gasteiger partial charge in [0, 0.05) is 20.2 Å². The van der Waals surface area contributed by atoms with Crippen LogP contribution in [-0.2, 0) is 11.8 Å². The first-order valence-corrected chi connectivity index (χ1v) is 5.42. The molecule has 1 fully saturated rings. The van der Waals surface area contributed by atoms with Crippen molar-refractivity contribution in [3.63, 3.8) is 0 Å². The van der Waals surface area contributed by atoms with Gasteiger partial charge in [0.15, 0.2) is 0 Å². The third-order valence-corrected chi connectivity index (χ3v) is 2.87. The Balaban J connectivity index is 1.81. The molecule has 2 atom stereocenters. The molecule has 2 unspecified atom stereocenters. The molecule has 1 aromatic heterocycles. The standard InChI is InChI=1S/C10H18N4O/c1-8(10-13-12-7-14(10)2)11-5-9-3-4-15-6-9/h7-9,11H,3-6H2,1-2H3. The molecule has 1 aliphatic heterocycles. The van der Waals surface area contributed by atoms with E-state index in [4.69, 9.17) is 4.74 Å². The number of nitrogens with one attached hydrogen (secondary N) is 1. The maximum absolute atomic E-state index is 5.33. The zero-order chi connectivity index (χ0) is 10.7. The van der Waals surface area contributed by atoms with Gasteiger partial charge in [-0.25, -0.2) is 0 Å². The number of rotatable bonds is 4. The van der Waals surface area contributed by atoms with Gasteiger partial charge in [0.1, 0.15) is 12.2 Å². The molecule has 1 saturated heterocycles. The van der Waals surface area contributed by atoms with Crippen molar-refractivity contribution in [2.45, 2.75) is 19.4 Å². The Hall–Kier alpha value is -0.940. The summed E-state index contributed by atoms with van der Waals surface area (Å²) >= 11 is 0. The molecule has 0 radical (unpaired) electrons. The second kappa shape index (κ2) is 4.72. The fraction of sp³-hybridized carbons (Fsp3) is 0.800. The Morgan fingerprint density at radius 2 is 2.60 bits per heavy atom. The molecule has 0 spiro atoms. The molecule has 1 aromatic rings. The first kappa shape index (κ1) is 10.6. The topological polar surface area (TPSA) is 52.0 Å². The van der Waals surface area contributed by atoms with Gasteiger partial charge >= 0.3 is 0 Å². The number of ether oxygens (including phenoxy) is 1. The maximum atomic E-state index is 5.33. The monoisotopic (exact) mass is 210 g/mol. The Morgan fingerprint density at radius 3 is 3.20 bits per heavy atom. The molecular formula is C10H18N4O. The highest BCUT2D eigenvalue weighted by molar-refractivity contribution is 4.92. The van der Waals surface area contributed by atoms with E-state index in [-0.39, 0.29) is 6.04 Å². The van der Waals surface area contributed by atoms with E-state index < -0.39 is 0 Å². The number of nitrogens with zero attached hydrogens (tertiary/aromatic N) is 3. The fourth-order valence-corrected chi connectivity index (χ4v) is 1.86. The normalized spacial score (nSPS) is 23.2. The molecule has 5 nitrogen and oxygen atoms in total. The molecular weight excluding hydrogens is 192 g/mol. The molecule has 84 valence electrons. The summed E-state index contributed by atoms with van der Waals surface area (Å²) in [6, 6.07) is 0.248. The lowest BCUT2D eigenvalue weighted by atomic mass is 10.1. The van der Waals surface area contributed by atoms with E-state index in [1.807, 2.05) is 11.6 Å². The van der Waals surface area contributed by atoms with Gasteiger partial charge in [0.2, 0.25) is 0 Å². The number of hydrogen-bond donors (Lipinski definition) is 1. The second-order valence-electron chi connectivity index (χ2n) is 4.16. The highest BCUT2D eigenvalue weighted by atomic mass is 16.5. The van der Waals surface area contributed by atoms with Crippen LogP contribution in [0.1, 0.15) is 25.2 Å². The Morgan fingerprint density at radius 1 is 1.73 bits per heavy atom. The van der Waals surface area contributed by atoms with Crippen LogP contribution in [0.5, 0.6) is 0 Å². The van der Waals surface area contributed by atoms with E-state index in [9.17, 15) is 0 Å². The van der Waals surface area contributed by atoms with Gasteiger partial charge in [-0.3, -0.25) is 0 Å². The fourth-order valence-electron chi connectivity index (χ4n) is 1.86. The quantitative estimate of drug-likeness (QED) is 0.786. The van der Waals surface area contributed by atoms with E-state index >= 15 is 0 Å². The molecule has 15 heavy (non-hydrogen) atoms. The van der Waals surface area contributed by atoms with Crippen molar-refractivity contribution in [2.75, 3.05) is 19.8 Å². The molecule has 0 saturated carbocycles. The molecule has 2 rings (SSSR count). The predicted octanol–water partition coefficient (Wildman–Crippen LogP) is 0.502. The van der Waals surface area contributed by atoms with Gasteiger partial charge in [-0.2, -0.15) is 0 Å². The van der Waals surface area contributed by atoms with Crippen LogP contribution in [0.2, 0.25) is 0 Å². The summed E-state index contributed by atoms with van der Waals surface area (Å²) in [5, 5.41) is 11.4. The minimum Gasteiger partial charge on any atom is -0.381 e. The van der Waals surface area contributed by atoms with Crippen molar-refractivity contribution < 1.29 is 4.74 Å². The highest BCUT2D eigenvalue weighted by Crippen LogP contribution is 2.13. The average Bonchev–Trinajstić information content (AvgIpc) is 2.84. The number of aryl methyl sites for hydroxylation is 1. The summed E-state index contributed by atoms with van der Waals surface area (Å²) < 4.78 is 7.28. The van der Waals surface area contributed by atoms with Gasteiger partial charge in [-0.1, -0.05) is 0 Å². The Labute approximate surface area is 89.8 Å². The van der Waals surface area contributed by atoms with Crippen LogP contribution in [0.15, 0.2) is 6.33 Å². The summed E-state index contributed by atoms with van der Waals surface area (Å²) in [6.07, 6.45) is 2.89. The van der Waals surface area contributed by atoms with Gasteiger partial charge < -0.3 is 14.6 Å². The van der Waals surface area contributed by atoms with Crippen LogP contribution < -0.4 is 5.32 Å². The molecule has 0 amide bonds. The Bertz CT molecular complexity index is 306. The van der Waals surface area contributed by atoms with Crippen molar-refractivity contribution >= 4 is 0 Å². The highest BCUT2D eigenvalue weighted by Gasteiger charge is 2.17. The average molecular weight is 210 g/mol. The minimum absolute atomic E-state index is 0.248. The largest absolute Gasteiger partial charge is 0.381 e. The van der Waals surface area contributed by atoms with Crippen LogP contribution in [0.4, 0.5) is 0 Å². The van der Waals surface area contributed by atoms with Crippen molar-refractivity contribution in [1.82, 2.24) is 20.1 Å². The van der Waals surface area contributed by atoms with E-state index in [2.05, 4.69) is 22.4 Å². The third kappa shape index (κ3) is 2.54. The summed E-state index contributed by atoms with van der Waals surface area (Å²) in [6.45, 7) is 4.90. The van der Waals surface area contributed by atoms with E-state index in [1.165, 1.54) is 6.42 Å². The second-order valence-corrected chi connectivity index (χ2v) is 4.16. The number of hydrogen-bond acceptors (Lipinski definition) is 4. The molecule has 0 bridgehead atoms. The van der Waals surface area contributed by atoms with Crippen molar-refractivity contribution in [3.8, 4) is 0 Å². The zero-order valence-electron chi connectivity index (χ0n) is 9.31. The van der Waals surface area contributed by atoms with Gasteiger partial charge in [0.25, 0.3) is 0 Å². The lowest BCUT2D eigenvalue weighted by Gasteiger charge is -2.15. The zero-order valence-corrected chi connectivity index (χ0v) is 9.31. The summed E-state index contributed by atoms with van der Waals surface area (Å²) in [5.41, 5.74) is 0. The predicted molar refractivity (Wildman–Crippen MR) is 56.3 cm³/mol. The molecule has 1 N–H and O–H groups in total. The van der Waals surface area contributed by atoms with Crippen molar-refractivity contribution in [2.24, 2.45) is 13.0 Å². The van der Waals surface area contributed by atoms with Crippen LogP contribution in [0.3, 0.4) is 0 Å². The first-order valence-electron chi connectivity index (χ1n) is 5.42. The maximum Gasteiger partial charge on any atom is 0.149 e.